The Kier molecular flexibility index (Phi) is 23.0. The van der Waals surface area contributed by atoms with Crippen LogP contribution in [-0.4, -0.2) is 53.7 Å². The molecule has 0 saturated heterocycles. The number of halogens is 1. The Morgan fingerprint density at radius 2 is 1.73 bits per heavy atom. The number of rotatable bonds is 2. The molecule has 0 spiro atoms. The van der Waals surface area contributed by atoms with Crippen molar-refractivity contribution in [1.29, 1.82) is 0 Å². The molecule has 1 aromatic heterocycles. The number of nitrogens with one attached hydrogen (secondary N) is 4. The maximum Gasteiger partial charge on any atom is 0.218 e. The second-order valence-electron chi connectivity index (χ2n) is 5.03. The highest BCUT2D eigenvalue weighted by molar-refractivity contribution is 7.80. The van der Waals surface area contributed by atoms with Gasteiger partial charge in [-0.2, -0.15) is 10.2 Å². The van der Waals surface area contributed by atoms with Crippen molar-refractivity contribution in [2.45, 2.75) is 34.1 Å². The van der Waals surface area contributed by atoms with Gasteiger partial charge in [-0.25, -0.2) is 10.8 Å². The van der Waals surface area contributed by atoms with Crippen LogP contribution in [0.2, 0.25) is 0 Å². The van der Waals surface area contributed by atoms with E-state index in [9.17, 15) is 9.59 Å². The van der Waals surface area contributed by atoms with Crippen LogP contribution in [0.4, 0.5) is 0 Å². The average molecular weight is 499 g/mol. The van der Waals surface area contributed by atoms with Crippen molar-refractivity contribution < 1.29 is 9.59 Å². The van der Waals surface area contributed by atoms with Crippen LogP contribution in [0.25, 0.3) is 0 Å². The number of thiocarbonyl (C=S) groups is 3. The molecule has 0 aromatic carbocycles. The number of carbonyl (C=O) groups excluding carboxylic acids is 2. The van der Waals surface area contributed by atoms with Crippen LogP contribution in [0.5, 0.6) is 0 Å². The van der Waals surface area contributed by atoms with Gasteiger partial charge in [0.1, 0.15) is 22.9 Å². The van der Waals surface area contributed by atoms with Crippen LogP contribution in [0, 0.1) is 6.92 Å². The molecule has 2 heterocycles. The molecule has 1 aliphatic rings. The zero-order valence-electron chi connectivity index (χ0n) is 17.0. The van der Waals surface area contributed by atoms with Gasteiger partial charge in [-0.15, -0.1) is 0 Å². The summed E-state index contributed by atoms with van der Waals surface area (Å²) in [7, 11) is 0. The molecule has 0 saturated carbocycles. The van der Waals surface area contributed by atoms with E-state index in [0.29, 0.717) is 0 Å². The molecule has 0 aliphatic carbocycles. The van der Waals surface area contributed by atoms with Crippen LogP contribution < -0.4 is 33.5 Å². The van der Waals surface area contributed by atoms with E-state index in [2.05, 4.69) is 72.9 Å². The number of carbonyl (C=O) groups is 2. The summed E-state index contributed by atoms with van der Waals surface area (Å²) in [5.41, 5.74) is 15.6. The molecular weight excluding hydrogens is 472 g/mol. The van der Waals surface area contributed by atoms with Crippen molar-refractivity contribution in [3.05, 3.63) is 12.2 Å². The van der Waals surface area contributed by atoms with Gasteiger partial charge in [0, 0.05) is 19.1 Å². The van der Waals surface area contributed by atoms with Crippen molar-refractivity contribution in [2.75, 3.05) is 6.54 Å². The number of H-pyrrole nitrogens is 1. The quantitative estimate of drug-likeness (QED) is 0.121. The maximum absolute atomic E-state index is 10.2. The number of aromatic amines is 1. The Balaban J connectivity index is -0.000000310. The summed E-state index contributed by atoms with van der Waals surface area (Å²) >= 11 is 18.1. The zero-order valence-corrected chi connectivity index (χ0v) is 20.2. The van der Waals surface area contributed by atoms with E-state index < -0.39 is 0 Å². The molecule has 0 unspecified atom stereocenters. The Hall–Kier alpha value is -2.33. The number of aromatic nitrogens is 3. The SMILES string of the molecule is CC(=O)CNC(N)=S.CC(=O)Cl.CC1=NNC(=S)C1.Cc1ncn[nH]1.NNC(N)=S. The van der Waals surface area contributed by atoms with E-state index in [1.165, 1.54) is 20.2 Å². The van der Waals surface area contributed by atoms with E-state index in [4.69, 9.17) is 23.7 Å². The minimum Gasteiger partial charge on any atom is -0.376 e. The van der Waals surface area contributed by atoms with Crippen LogP contribution in [-0.2, 0) is 9.59 Å². The monoisotopic (exact) mass is 498 g/mol. The molecule has 0 radical (unpaired) electrons. The number of aryl methyl sites for hydroxylation is 1. The molecule has 0 amide bonds. The number of Topliss-reactive ketones (excluding diaryl/α,β-unsaturated/α-hetero) is 1. The molecule has 1 aromatic rings. The first kappa shape index (κ1) is 32.3. The van der Waals surface area contributed by atoms with Crippen molar-refractivity contribution >= 4 is 80.2 Å². The second kappa shape index (κ2) is 21.4. The van der Waals surface area contributed by atoms with Gasteiger partial charge in [0.15, 0.2) is 10.2 Å². The summed E-state index contributed by atoms with van der Waals surface area (Å²) in [5.74, 6) is 5.54. The first-order valence-electron chi connectivity index (χ1n) is 7.90. The molecule has 0 bridgehead atoms. The molecule has 12 nitrogen and oxygen atoms in total. The molecule has 0 atom stereocenters. The maximum atomic E-state index is 10.2. The van der Waals surface area contributed by atoms with Gasteiger partial charge in [-0.05, 0) is 56.8 Å². The highest BCUT2D eigenvalue weighted by Gasteiger charge is 2.03. The summed E-state index contributed by atoms with van der Waals surface area (Å²) < 4.78 is 0. The highest BCUT2D eigenvalue weighted by Crippen LogP contribution is 1.94. The van der Waals surface area contributed by atoms with Gasteiger partial charge in [0.25, 0.3) is 0 Å². The summed E-state index contributed by atoms with van der Waals surface area (Å²) in [6.45, 7) is 6.79. The Morgan fingerprint density at radius 1 is 1.23 bits per heavy atom. The van der Waals surface area contributed by atoms with Crippen LogP contribution in [0.3, 0.4) is 0 Å². The number of hydrogen-bond acceptors (Lipinski definition) is 9. The topological polar surface area (TPSA) is 202 Å². The Labute approximate surface area is 196 Å². The van der Waals surface area contributed by atoms with E-state index >= 15 is 0 Å². The zero-order chi connectivity index (χ0) is 24.1. The smallest absolute Gasteiger partial charge is 0.218 e. The van der Waals surface area contributed by atoms with Crippen molar-refractivity contribution in [2.24, 2.45) is 22.4 Å². The second-order valence-corrected chi connectivity index (χ2v) is 6.93. The predicted octanol–water partition coefficient (Wildman–Crippen LogP) is -0.330. The normalized spacial score (nSPS) is 10.3. The van der Waals surface area contributed by atoms with Crippen molar-refractivity contribution in [3.63, 3.8) is 0 Å². The molecular formula is C14H27ClN10O2S3. The molecule has 1 aliphatic heterocycles. The molecule has 10 N–H and O–H groups in total. The third-order valence-corrected chi connectivity index (χ3v) is 2.47. The molecule has 170 valence electrons. The predicted molar refractivity (Wildman–Crippen MR) is 131 cm³/mol. The molecule has 16 heteroatoms. The fraction of sp³-hybridized carbons (Fsp3) is 0.429. The lowest BCUT2D eigenvalue weighted by Gasteiger charge is -1.96. The van der Waals surface area contributed by atoms with E-state index in [-0.39, 0.29) is 27.8 Å². The Bertz CT molecular complexity index is 680. The first-order chi connectivity index (χ1) is 13.8. The minimum atomic E-state index is -0.361. The first-order valence-corrected chi connectivity index (χ1v) is 9.50. The number of ketones is 1. The summed E-state index contributed by atoms with van der Waals surface area (Å²) in [4.78, 5) is 24.0. The van der Waals surface area contributed by atoms with Crippen LogP contribution in [0.15, 0.2) is 11.4 Å². The van der Waals surface area contributed by atoms with Gasteiger partial charge < -0.3 is 22.2 Å². The number of hydrogen-bond donors (Lipinski definition) is 7. The Morgan fingerprint density at radius 3 is 1.83 bits per heavy atom. The average Bonchev–Trinajstić information content (AvgIpc) is 3.24. The standard InChI is InChI=1S/C4H8N2OS.C4H6N2S.C3H5N3.C2H3ClO.CH5N3S/c1-3(7)2-6-4(5)8;1-3-2-4(7)6-5-3;1-3-4-2-5-6-3;1-2(3)4;2-1(5)4-3/h2H2,1H3,(H3,5,6,8);2H2,1H3,(H,6,7);2H,1H3,(H,4,5,6);1H3;3H2,(H3,2,4,5). The number of hydrazine groups is 1. The van der Waals surface area contributed by atoms with Crippen LogP contribution in [0.1, 0.15) is 33.0 Å². The van der Waals surface area contributed by atoms with E-state index in [0.717, 1.165) is 22.9 Å². The highest BCUT2D eigenvalue weighted by atomic mass is 35.5. The minimum absolute atomic E-state index is 0.0257. The van der Waals surface area contributed by atoms with E-state index in [1.807, 2.05) is 19.3 Å². The van der Waals surface area contributed by atoms with Gasteiger partial charge >= 0.3 is 0 Å². The van der Waals surface area contributed by atoms with Crippen LogP contribution >= 0.6 is 48.3 Å². The fourth-order valence-corrected chi connectivity index (χ4v) is 1.27. The van der Waals surface area contributed by atoms with Gasteiger partial charge in [-0.3, -0.25) is 20.1 Å². The summed E-state index contributed by atoms with van der Waals surface area (Å²) in [6, 6.07) is 0. The van der Waals surface area contributed by atoms with Crippen molar-refractivity contribution in [3.8, 4) is 0 Å². The third kappa shape index (κ3) is 36.6. The lowest BCUT2D eigenvalue weighted by molar-refractivity contribution is -0.116. The molecule has 0 fully saturated rings. The molecule has 30 heavy (non-hydrogen) atoms. The van der Waals surface area contributed by atoms with Gasteiger partial charge in [-0.1, -0.05) is 12.2 Å². The lowest BCUT2D eigenvalue weighted by atomic mass is 10.3. The summed E-state index contributed by atoms with van der Waals surface area (Å²) in [5, 5.41) is 12.5. The number of nitrogens with zero attached hydrogens (tertiary/aromatic N) is 3. The van der Waals surface area contributed by atoms with Gasteiger partial charge in [0.2, 0.25) is 5.24 Å². The van der Waals surface area contributed by atoms with Crippen molar-refractivity contribution in [1.82, 2.24) is 31.3 Å². The lowest BCUT2D eigenvalue weighted by Crippen LogP contribution is -2.34. The van der Waals surface area contributed by atoms with Gasteiger partial charge in [0.05, 0.1) is 6.54 Å². The molecule has 2 rings (SSSR count). The number of nitrogens with two attached hydrogens (primary N) is 3. The largest absolute Gasteiger partial charge is 0.376 e. The number of hydrazone groups is 1. The summed E-state index contributed by atoms with van der Waals surface area (Å²) in [6.07, 6.45) is 2.32. The van der Waals surface area contributed by atoms with E-state index in [1.54, 1.807) is 0 Å². The third-order valence-electron chi connectivity index (χ3n) is 1.98. The fourth-order valence-electron chi connectivity index (χ4n) is 0.947.